The number of amides is 1. The monoisotopic (exact) mass is 320 g/mol. The van der Waals surface area contributed by atoms with Gasteiger partial charge in [-0.15, -0.1) is 0 Å². The van der Waals surface area contributed by atoms with Crippen LogP contribution in [0.2, 0.25) is 0 Å². The van der Waals surface area contributed by atoms with Crippen molar-refractivity contribution in [3.63, 3.8) is 0 Å². The number of hydrogen-bond acceptors (Lipinski definition) is 3. The highest BCUT2D eigenvalue weighted by molar-refractivity contribution is 5.95. The van der Waals surface area contributed by atoms with Crippen molar-refractivity contribution in [1.82, 2.24) is 19.9 Å². The Morgan fingerprint density at radius 3 is 2.67 bits per heavy atom. The van der Waals surface area contributed by atoms with E-state index in [0.717, 1.165) is 17.0 Å². The number of imidazole rings is 1. The average Bonchev–Trinajstić information content (AvgIpc) is 3.08. The topological polar surface area (TPSA) is 59.8 Å². The van der Waals surface area contributed by atoms with E-state index in [-0.39, 0.29) is 11.9 Å². The second kappa shape index (κ2) is 7.08. The molecule has 5 heteroatoms. The molecule has 5 nitrogen and oxygen atoms in total. The molecular formula is C19H20N4O. The quantitative estimate of drug-likeness (QED) is 0.786. The van der Waals surface area contributed by atoms with Crippen LogP contribution in [-0.4, -0.2) is 26.5 Å². The summed E-state index contributed by atoms with van der Waals surface area (Å²) in [6.07, 6.45) is 5.35. The molecule has 2 heterocycles. The number of nitrogens with zero attached hydrogens (tertiary/aromatic N) is 3. The van der Waals surface area contributed by atoms with Crippen LogP contribution in [0.15, 0.2) is 61.2 Å². The van der Waals surface area contributed by atoms with Gasteiger partial charge in [0, 0.05) is 30.5 Å². The Labute approximate surface area is 141 Å². The van der Waals surface area contributed by atoms with Gasteiger partial charge in [0.1, 0.15) is 0 Å². The third kappa shape index (κ3) is 3.68. The molecule has 1 unspecified atom stereocenters. The molecule has 1 N–H and O–H groups in total. The van der Waals surface area contributed by atoms with Crippen LogP contribution in [0.1, 0.15) is 23.0 Å². The summed E-state index contributed by atoms with van der Waals surface area (Å²) in [6.45, 7) is 4.52. The fourth-order valence-corrected chi connectivity index (χ4v) is 2.63. The molecule has 1 amide bonds. The van der Waals surface area contributed by atoms with Gasteiger partial charge in [0.15, 0.2) is 0 Å². The molecule has 3 aromatic rings. The van der Waals surface area contributed by atoms with E-state index in [9.17, 15) is 4.79 Å². The summed E-state index contributed by atoms with van der Waals surface area (Å²) in [5, 5.41) is 3.01. The Morgan fingerprint density at radius 2 is 2.00 bits per heavy atom. The van der Waals surface area contributed by atoms with Gasteiger partial charge in [-0.25, -0.2) is 4.98 Å². The van der Waals surface area contributed by atoms with E-state index in [4.69, 9.17) is 0 Å². The SMILES string of the molecule is Cc1nc(-c2ccccc2)ccc1C(=O)NC(C)Cn1ccnc1. The number of aryl methyl sites for hydroxylation is 1. The van der Waals surface area contributed by atoms with Gasteiger partial charge >= 0.3 is 0 Å². The fourth-order valence-electron chi connectivity index (χ4n) is 2.63. The Kier molecular flexibility index (Phi) is 4.70. The molecule has 0 fully saturated rings. The summed E-state index contributed by atoms with van der Waals surface area (Å²) in [5.74, 6) is -0.104. The fraction of sp³-hybridized carbons (Fsp3) is 0.211. The third-order valence-corrected chi connectivity index (χ3v) is 3.82. The second-order valence-electron chi connectivity index (χ2n) is 5.83. The highest BCUT2D eigenvalue weighted by Crippen LogP contribution is 2.18. The van der Waals surface area contributed by atoms with Gasteiger partial charge in [0.05, 0.1) is 23.3 Å². The van der Waals surface area contributed by atoms with Crippen molar-refractivity contribution in [2.75, 3.05) is 0 Å². The van der Waals surface area contributed by atoms with Crippen molar-refractivity contribution < 1.29 is 4.79 Å². The van der Waals surface area contributed by atoms with Crippen molar-refractivity contribution >= 4 is 5.91 Å². The Bertz CT molecular complexity index is 813. The molecular weight excluding hydrogens is 300 g/mol. The summed E-state index contributed by atoms with van der Waals surface area (Å²) in [7, 11) is 0. The molecule has 24 heavy (non-hydrogen) atoms. The molecule has 0 aliphatic carbocycles. The summed E-state index contributed by atoms with van der Waals surface area (Å²) in [6, 6.07) is 13.7. The summed E-state index contributed by atoms with van der Waals surface area (Å²) in [5.41, 5.74) is 3.24. The lowest BCUT2D eigenvalue weighted by molar-refractivity contribution is 0.0935. The van der Waals surface area contributed by atoms with Crippen molar-refractivity contribution in [3.05, 3.63) is 72.4 Å². The first-order valence-corrected chi connectivity index (χ1v) is 7.93. The van der Waals surface area contributed by atoms with E-state index in [1.54, 1.807) is 12.5 Å². The molecule has 1 aromatic carbocycles. The molecule has 0 saturated heterocycles. The predicted octanol–water partition coefficient (Wildman–Crippen LogP) is 3.07. The zero-order valence-corrected chi connectivity index (χ0v) is 13.8. The Hall–Kier alpha value is -2.95. The Balaban J connectivity index is 1.71. The third-order valence-electron chi connectivity index (χ3n) is 3.82. The van der Waals surface area contributed by atoms with Crippen LogP contribution in [0, 0.1) is 6.92 Å². The first-order chi connectivity index (χ1) is 11.6. The highest BCUT2D eigenvalue weighted by Gasteiger charge is 2.14. The number of hydrogen-bond donors (Lipinski definition) is 1. The average molecular weight is 320 g/mol. The molecule has 3 rings (SSSR count). The summed E-state index contributed by atoms with van der Waals surface area (Å²) < 4.78 is 1.94. The minimum atomic E-state index is -0.104. The standard InChI is InChI=1S/C19H20N4O/c1-14(12-23-11-10-20-13-23)21-19(24)17-8-9-18(22-15(17)2)16-6-4-3-5-7-16/h3-11,13-14H,12H2,1-2H3,(H,21,24). The van der Waals surface area contributed by atoms with Gasteiger partial charge < -0.3 is 9.88 Å². The van der Waals surface area contributed by atoms with Crippen LogP contribution in [0.3, 0.4) is 0 Å². The van der Waals surface area contributed by atoms with Crippen LogP contribution in [-0.2, 0) is 6.54 Å². The molecule has 0 radical (unpaired) electrons. The van der Waals surface area contributed by atoms with Crippen molar-refractivity contribution in [1.29, 1.82) is 0 Å². The van der Waals surface area contributed by atoms with Gasteiger partial charge in [0.25, 0.3) is 5.91 Å². The summed E-state index contributed by atoms with van der Waals surface area (Å²) >= 11 is 0. The number of aromatic nitrogens is 3. The number of carbonyl (C=O) groups is 1. The lowest BCUT2D eigenvalue weighted by Gasteiger charge is -2.15. The molecule has 0 spiro atoms. The first-order valence-electron chi connectivity index (χ1n) is 7.93. The molecule has 0 bridgehead atoms. The molecule has 1 atom stereocenters. The molecule has 0 saturated carbocycles. The second-order valence-corrected chi connectivity index (χ2v) is 5.83. The minimum Gasteiger partial charge on any atom is -0.348 e. The van der Waals surface area contributed by atoms with Crippen molar-refractivity contribution in [2.24, 2.45) is 0 Å². The van der Waals surface area contributed by atoms with Gasteiger partial charge in [0.2, 0.25) is 0 Å². The normalized spacial score (nSPS) is 11.9. The van der Waals surface area contributed by atoms with Crippen LogP contribution < -0.4 is 5.32 Å². The Morgan fingerprint density at radius 1 is 1.21 bits per heavy atom. The largest absolute Gasteiger partial charge is 0.348 e. The first kappa shape index (κ1) is 15.9. The summed E-state index contributed by atoms with van der Waals surface area (Å²) in [4.78, 5) is 21.1. The highest BCUT2D eigenvalue weighted by atomic mass is 16.1. The zero-order valence-electron chi connectivity index (χ0n) is 13.8. The van der Waals surface area contributed by atoms with E-state index < -0.39 is 0 Å². The van der Waals surface area contributed by atoms with E-state index in [0.29, 0.717) is 12.1 Å². The number of pyridine rings is 1. The maximum Gasteiger partial charge on any atom is 0.253 e. The van der Waals surface area contributed by atoms with Crippen LogP contribution in [0.5, 0.6) is 0 Å². The van der Waals surface area contributed by atoms with E-state index in [2.05, 4.69) is 15.3 Å². The number of benzene rings is 1. The predicted molar refractivity (Wildman–Crippen MR) is 93.6 cm³/mol. The van der Waals surface area contributed by atoms with E-state index in [1.807, 2.05) is 67.1 Å². The van der Waals surface area contributed by atoms with Crippen LogP contribution >= 0.6 is 0 Å². The lowest BCUT2D eigenvalue weighted by Crippen LogP contribution is -2.35. The van der Waals surface area contributed by atoms with E-state index >= 15 is 0 Å². The maximum atomic E-state index is 12.5. The van der Waals surface area contributed by atoms with Gasteiger partial charge in [-0.3, -0.25) is 9.78 Å². The molecule has 122 valence electrons. The lowest BCUT2D eigenvalue weighted by atomic mass is 10.1. The van der Waals surface area contributed by atoms with Gasteiger partial charge in [-0.1, -0.05) is 30.3 Å². The van der Waals surface area contributed by atoms with E-state index in [1.165, 1.54) is 0 Å². The van der Waals surface area contributed by atoms with Crippen LogP contribution in [0.25, 0.3) is 11.3 Å². The van der Waals surface area contributed by atoms with Crippen LogP contribution in [0.4, 0.5) is 0 Å². The maximum absolute atomic E-state index is 12.5. The van der Waals surface area contributed by atoms with Crippen molar-refractivity contribution in [3.8, 4) is 11.3 Å². The number of nitrogens with one attached hydrogen (secondary N) is 1. The number of carbonyl (C=O) groups excluding carboxylic acids is 1. The molecule has 0 aliphatic rings. The molecule has 2 aromatic heterocycles. The van der Waals surface area contributed by atoms with Crippen molar-refractivity contribution in [2.45, 2.75) is 26.4 Å². The van der Waals surface area contributed by atoms with Gasteiger partial charge in [-0.2, -0.15) is 0 Å². The molecule has 0 aliphatic heterocycles. The van der Waals surface area contributed by atoms with Gasteiger partial charge in [-0.05, 0) is 26.0 Å². The smallest absolute Gasteiger partial charge is 0.253 e. The zero-order chi connectivity index (χ0) is 16.9. The number of rotatable bonds is 5. The minimum absolute atomic E-state index is 0.0000927.